The van der Waals surface area contributed by atoms with Gasteiger partial charge in [-0.25, -0.2) is 0 Å². The molecule has 0 atom stereocenters. The van der Waals surface area contributed by atoms with Gasteiger partial charge in [0, 0.05) is 81.2 Å². The second kappa shape index (κ2) is 15.0. The molecule has 0 aliphatic carbocycles. The molecular weight excluding hydrogens is 837 g/mol. The Balaban J connectivity index is 1.05. The van der Waals surface area contributed by atoms with Gasteiger partial charge in [0.2, 0.25) is 0 Å². The lowest BCUT2D eigenvalue weighted by atomic mass is 9.96. The van der Waals surface area contributed by atoms with E-state index in [0.29, 0.717) is 0 Å². The maximum absolute atomic E-state index is 6.98. The first-order chi connectivity index (χ1) is 33.2. The zero-order valence-corrected chi connectivity index (χ0v) is 36.9. The van der Waals surface area contributed by atoms with Gasteiger partial charge in [0.25, 0.3) is 0 Å². The standard InChI is InChI=1S/C62H38N2O2S/c1-3-15-41(16-4-1)63(42-17-5-2-6-18-42)45-33-40(39-27-30-53-58(35-39)66-62-52-24-10-8-20-48(52)47-19-7-9-23-51(47)61(53)62)34-46(36-45)64(43-28-31-57-54(37-43)49-21-11-13-25-56(49)65-57)44-29-32-60-55(38-44)50-22-12-14-26-59(50)67-60/h1-38H. The fraction of sp³-hybridized carbons (Fsp3) is 0. The number of benzene rings is 11. The highest BCUT2D eigenvalue weighted by Crippen LogP contribution is 2.47. The second-order valence-corrected chi connectivity index (χ2v) is 18.3. The molecule has 14 aromatic rings. The molecule has 3 heterocycles. The van der Waals surface area contributed by atoms with E-state index in [0.717, 1.165) is 94.5 Å². The van der Waals surface area contributed by atoms with Gasteiger partial charge >= 0.3 is 0 Å². The predicted molar refractivity (Wildman–Crippen MR) is 284 cm³/mol. The Labute approximate surface area is 389 Å². The molecule has 67 heavy (non-hydrogen) atoms. The molecule has 0 unspecified atom stereocenters. The molecule has 314 valence electrons. The van der Waals surface area contributed by atoms with Crippen LogP contribution >= 0.6 is 11.3 Å². The van der Waals surface area contributed by atoms with E-state index in [2.05, 4.69) is 228 Å². The van der Waals surface area contributed by atoms with Crippen LogP contribution in [-0.4, -0.2) is 0 Å². The summed E-state index contributed by atoms with van der Waals surface area (Å²) in [5.41, 5.74) is 11.9. The number of hydrogen-bond donors (Lipinski definition) is 0. The van der Waals surface area contributed by atoms with E-state index in [9.17, 15) is 0 Å². The van der Waals surface area contributed by atoms with E-state index in [1.807, 2.05) is 23.5 Å². The third-order valence-corrected chi connectivity index (χ3v) is 14.5. The lowest BCUT2D eigenvalue weighted by Crippen LogP contribution is -2.13. The number of para-hydroxylation sites is 3. The number of furan rings is 2. The Morgan fingerprint density at radius 3 is 1.57 bits per heavy atom. The fourth-order valence-corrected chi connectivity index (χ4v) is 11.4. The molecule has 3 aromatic heterocycles. The van der Waals surface area contributed by atoms with Crippen molar-refractivity contribution in [3.63, 3.8) is 0 Å². The van der Waals surface area contributed by atoms with Crippen molar-refractivity contribution in [3.05, 3.63) is 231 Å². The van der Waals surface area contributed by atoms with Crippen LogP contribution in [0.15, 0.2) is 239 Å². The molecule has 0 N–H and O–H groups in total. The van der Waals surface area contributed by atoms with E-state index >= 15 is 0 Å². The van der Waals surface area contributed by atoms with Crippen molar-refractivity contribution < 1.29 is 8.83 Å². The van der Waals surface area contributed by atoms with Crippen molar-refractivity contribution in [1.29, 1.82) is 0 Å². The molecule has 0 saturated heterocycles. The normalized spacial score (nSPS) is 11.9. The highest BCUT2D eigenvalue weighted by Gasteiger charge is 2.23. The average molecular weight is 875 g/mol. The van der Waals surface area contributed by atoms with Gasteiger partial charge in [-0.15, -0.1) is 11.3 Å². The Morgan fingerprint density at radius 1 is 0.269 bits per heavy atom. The molecule has 0 aliphatic rings. The number of fused-ring (bicyclic) bond motifs is 14. The van der Waals surface area contributed by atoms with Crippen molar-refractivity contribution in [2.45, 2.75) is 0 Å². The SMILES string of the molecule is c1ccc(N(c2ccccc2)c2cc(-c3ccc4c(c3)oc3c5ccccc5c5ccccc5c43)cc(N(c3ccc4oc5ccccc5c4c3)c3ccc4sc5ccccc5c4c3)c2)cc1. The number of rotatable bonds is 7. The number of anilines is 6. The van der Waals surface area contributed by atoms with Crippen LogP contribution in [-0.2, 0) is 0 Å². The third-order valence-electron chi connectivity index (χ3n) is 13.4. The van der Waals surface area contributed by atoms with E-state index in [4.69, 9.17) is 8.83 Å². The molecular formula is C62H38N2O2S. The Kier molecular flexibility index (Phi) is 8.42. The molecule has 0 fully saturated rings. The van der Waals surface area contributed by atoms with E-state index < -0.39 is 0 Å². The van der Waals surface area contributed by atoms with Crippen molar-refractivity contribution in [2.75, 3.05) is 9.80 Å². The maximum atomic E-state index is 6.98. The summed E-state index contributed by atoms with van der Waals surface area (Å²) in [4.78, 5) is 4.76. The van der Waals surface area contributed by atoms with Gasteiger partial charge in [-0.3, -0.25) is 0 Å². The van der Waals surface area contributed by atoms with Crippen LogP contribution in [0.25, 0.3) is 96.7 Å². The predicted octanol–water partition coefficient (Wildman–Crippen LogP) is 18.8. The Hall–Kier alpha value is -8.64. The van der Waals surface area contributed by atoms with Crippen LogP contribution in [0.4, 0.5) is 34.1 Å². The molecule has 0 radical (unpaired) electrons. The minimum atomic E-state index is 0.855. The van der Waals surface area contributed by atoms with Crippen molar-refractivity contribution in [3.8, 4) is 11.1 Å². The lowest BCUT2D eigenvalue weighted by Gasteiger charge is -2.30. The highest BCUT2D eigenvalue weighted by molar-refractivity contribution is 7.25. The number of thiophene rings is 1. The molecule has 4 nitrogen and oxygen atoms in total. The Morgan fingerprint density at radius 2 is 0.821 bits per heavy atom. The fourth-order valence-electron chi connectivity index (χ4n) is 10.4. The molecule has 0 spiro atoms. The summed E-state index contributed by atoms with van der Waals surface area (Å²) in [7, 11) is 0. The van der Waals surface area contributed by atoms with E-state index in [1.165, 1.54) is 36.3 Å². The van der Waals surface area contributed by atoms with Crippen molar-refractivity contribution >= 4 is 131 Å². The van der Waals surface area contributed by atoms with Crippen LogP contribution in [0, 0.1) is 0 Å². The number of nitrogens with zero attached hydrogens (tertiary/aromatic N) is 2. The average Bonchev–Trinajstić information content (AvgIpc) is 4.09. The lowest BCUT2D eigenvalue weighted by molar-refractivity contribution is 0.669. The summed E-state index contributed by atoms with van der Waals surface area (Å²) in [6, 6.07) is 82.8. The zero-order chi connectivity index (χ0) is 44.0. The van der Waals surface area contributed by atoms with Crippen LogP contribution in [0.5, 0.6) is 0 Å². The molecule has 0 amide bonds. The van der Waals surface area contributed by atoms with Crippen LogP contribution in [0.1, 0.15) is 0 Å². The quantitative estimate of drug-likeness (QED) is 0.149. The van der Waals surface area contributed by atoms with E-state index in [1.54, 1.807) is 0 Å². The maximum Gasteiger partial charge on any atom is 0.143 e. The molecule has 0 bridgehead atoms. The number of hydrogen-bond acceptors (Lipinski definition) is 5. The van der Waals surface area contributed by atoms with Gasteiger partial charge in [-0.1, -0.05) is 127 Å². The summed E-state index contributed by atoms with van der Waals surface area (Å²) < 4.78 is 15.9. The largest absolute Gasteiger partial charge is 0.456 e. The minimum absolute atomic E-state index is 0.855. The van der Waals surface area contributed by atoms with Crippen molar-refractivity contribution in [2.24, 2.45) is 0 Å². The molecule has 5 heteroatoms. The first kappa shape index (κ1) is 37.7. The smallest absolute Gasteiger partial charge is 0.143 e. The van der Waals surface area contributed by atoms with Gasteiger partial charge in [-0.05, 0) is 130 Å². The summed E-state index contributed by atoms with van der Waals surface area (Å²) in [6.45, 7) is 0. The summed E-state index contributed by atoms with van der Waals surface area (Å²) in [6.07, 6.45) is 0. The van der Waals surface area contributed by atoms with Gasteiger partial charge < -0.3 is 18.6 Å². The topological polar surface area (TPSA) is 32.8 Å². The molecule has 0 saturated carbocycles. The highest BCUT2D eigenvalue weighted by atomic mass is 32.1. The second-order valence-electron chi connectivity index (χ2n) is 17.2. The van der Waals surface area contributed by atoms with Crippen LogP contribution < -0.4 is 9.80 Å². The first-order valence-corrected chi connectivity index (χ1v) is 23.5. The van der Waals surface area contributed by atoms with Gasteiger partial charge in [0.1, 0.15) is 22.3 Å². The van der Waals surface area contributed by atoms with Crippen LogP contribution in [0.2, 0.25) is 0 Å². The van der Waals surface area contributed by atoms with Crippen LogP contribution in [0.3, 0.4) is 0 Å². The first-order valence-electron chi connectivity index (χ1n) is 22.6. The van der Waals surface area contributed by atoms with Crippen molar-refractivity contribution in [1.82, 2.24) is 0 Å². The van der Waals surface area contributed by atoms with E-state index in [-0.39, 0.29) is 0 Å². The minimum Gasteiger partial charge on any atom is -0.456 e. The van der Waals surface area contributed by atoms with Gasteiger partial charge in [0.15, 0.2) is 0 Å². The summed E-state index contributed by atoms with van der Waals surface area (Å²) in [5, 5.41) is 11.6. The Bertz CT molecular complexity index is 4090. The van der Waals surface area contributed by atoms with Gasteiger partial charge in [0.05, 0.1) is 0 Å². The monoisotopic (exact) mass is 874 g/mol. The summed E-state index contributed by atoms with van der Waals surface area (Å²) >= 11 is 1.84. The molecule has 0 aliphatic heterocycles. The summed E-state index contributed by atoms with van der Waals surface area (Å²) in [5.74, 6) is 0. The molecule has 14 rings (SSSR count). The third kappa shape index (κ3) is 6.06. The zero-order valence-electron chi connectivity index (χ0n) is 36.1. The molecule has 11 aromatic carbocycles. The van der Waals surface area contributed by atoms with Gasteiger partial charge in [-0.2, -0.15) is 0 Å².